The second-order valence-corrected chi connectivity index (χ2v) is 5.49. The average molecular weight is 323 g/mol. The number of hydrogen-bond acceptors (Lipinski definition) is 3. The van der Waals surface area contributed by atoms with Crippen LogP contribution in [0.15, 0.2) is 29.6 Å². The molecule has 0 atom stereocenters. The first kappa shape index (κ1) is 15.5. The Balaban J connectivity index is 2.03. The number of thiophene rings is 1. The first-order valence-corrected chi connectivity index (χ1v) is 7.36. The van der Waals surface area contributed by atoms with Gasteiger partial charge in [0.05, 0.1) is 23.7 Å². The van der Waals surface area contributed by atoms with Gasteiger partial charge < -0.3 is 11.1 Å². The average Bonchev–Trinajstić information content (AvgIpc) is 2.90. The van der Waals surface area contributed by atoms with E-state index in [-0.39, 0.29) is 10.6 Å². The maximum atomic E-state index is 13.6. The number of nitrogens with one attached hydrogen (secondary N) is 1. The van der Waals surface area contributed by atoms with Gasteiger partial charge in [0.15, 0.2) is 0 Å². The predicted molar refractivity (Wildman–Crippen MR) is 82.8 cm³/mol. The lowest BCUT2D eigenvalue weighted by Gasteiger charge is -2.06. The Morgan fingerprint density at radius 3 is 3.00 bits per heavy atom. The molecule has 1 heterocycles. The second kappa shape index (κ2) is 7.23. The van der Waals surface area contributed by atoms with E-state index in [4.69, 9.17) is 17.3 Å². The molecule has 0 spiro atoms. The van der Waals surface area contributed by atoms with E-state index in [9.17, 15) is 9.18 Å². The molecule has 2 rings (SSSR count). The zero-order valence-corrected chi connectivity index (χ0v) is 12.5. The first-order chi connectivity index (χ1) is 10.1. The van der Waals surface area contributed by atoms with Gasteiger partial charge in [-0.05, 0) is 18.2 Å². The molecule has 21 heavy (non-hydrogen) atoms. The van der Waals surface area contributed by atoms with Crippen LogP contribution in [0.4, 0.5) is 4.39 Å². The van der Waals surface area contributed by atoms with Crippen molar-refractivity contribution in [3.05, 3.63) is 56.5 Å². The Morgan fingerprint density at radius 2 is 2.29 bits per heavy atom. The molecule has 2 aromatic rings. The number of carbonyl (C=O) groups excluding carboxylic acids is 1. The Labute approximate surface area is 130 Å². The summed E-state index contributed by atoms with van der Waals surface area (Å²) < 4.78 is 13.6. The molecule has 0 fully saturated rings. The van der Waals surface area contributed by atoms with Crippen LogP contribution in [0.5, 0.6) is 0 Å². The number of carbonyl (C=O) groups is 1. The Hall–Kier alpha value is -1.87. The molecule has 0 saturated heterocycles. The molecule has 0 radical (unpaired) electrons. The Kier molecular flexibility index (Phi) is 5.34. The van der Waals surface area contributed by atoms with Crippen LogP contribution >= 0.6 is 22.9 Å². The van der Waals surface area contributed by atoms with Gasteiger partial charge >= 0.3 is 0 Å². The third-order valence-electron chi connectivity index (χ3n) is 2.60. The zero-order valence-electron chi connectivity index (χ0n) is 11.0. The maximum absolute atomic E-state index is 13.6. The number of amides is 1. The molecule has 1 amide bonds. The highest BCUT2D eigenvalue weighted by atomic mass is 35.5. The molecular weight excluding hydrogens is 311 g/mol. The Morgan fingerprint density at radius 1 is 1.48 bits per heavy atom. The molecule has 3 N–H and O–H groups in total. The standard InChI is InChI=1S/C15H12ClFN2OS/c16-12-4-1-5-13(17)14(12)15(20)19-8-11-7-10(9-21-11)3-2-6-18/h1,4-5,7,9H,6,8,18H2,(H,19,20). The number of rotatable bonds is 3. The molecule has 1 aromatic carbocycles. The van der Waals surface area contributed by atoms with E-state index in [1.54, 1.807) is 0 Å². The normalized spacial score (nSPS) is 9.86. The lowest BCUT2D eigenvalue weighted by atomic mass is 10.2. The van der Waals surface area contributed by atoms with Crippen LogP contribution < -0.4 is 11.1 Å². The van der Waals surface area contributed by atoms with E-state index in [2.05, 4.69) is 17.2 Å². The van der Waals surface area contributed by atoms with Crippen LogP contribution in [0.2, 0.25) is 5.02 Å². The molecule has 0 aliphatic rings. The van der Waals surface area contributed by atoms with Crippen molar-refractivity contribution in [2.45, 2.75) is 6.54 Å². The van der Waals surface area contributed by atoms with Crippen LogP contribution in [-0.4, -0.2) is 12.5 Å². The van der Waals surface area contributed by atoms with Gasteiger partial charge in [-0.3, -0.25) is 4.79 Å². The lowest BCUT2D eigenvalue weighted by Crippen LogP contribution is -2.23. The number of benzene rings is 1. The number of halogens is 2. The summed E-state index contributed by atoms with van der Waals surface area (Å²) in [5.74, 6) is 4.48. The van der Waals surface area contributed by atoms with Crippen molar-refractivity contribution in [1.29, 1.82) is 0 Å². The topological polar surface area (TPSA) is 55.1 Å². The minimum Gasteiger partial charge on any atom is -0.347 e. The molecule has 6 heteroatoms. The summed E-state index contributed by atoms with van der Waals surface area (Å²) >= 11 is 7.30. The van der Waals surface area contributed by atoms with Gasteiger partial charge in [-0.15, -0.1) is 11.3 Å². The predicted octanol–water partition coefficient (Wildman–Crippen LogP) is 2.78. The van der Waals surface area contributed by atoms with Gasteiger partial charge in [-0.2, -0.15) is 0 Å². The highest BCUT2D eigenvalue weighted by Gasteiger charge is 2.15. The summed E-state index contributed by atoms with van der Waals surface area (Å²) in [5.41, 5.74) is 6.01. The van der Waals surface area contributed by atoms with Gasteiger partial charge in [-0.1, -0.05) is 29.5 Å². The molecule has 108 valence electrons. The maximum Gasteiger partial charge on any atom is 0.256 e. The van der Waals surface area contributed by atoms with Crippen molar-refractivity contribution in [3.8, 4) is 11.8 Å². The molecule has 3 nitrogen and oxygen atoms in total. The minimum absolute atomic E-state index is 0.0909. The third kappa shape index (κ3) is 4.05. The summed E-state index contributed by atoms with van der Waals surface area (Å²) in [6.45, 7) is 0.589. The summed E-state index contributed by atoms with van der Waals surface area (Å²) in [6.07, 6.45) is 0. The molecule has 0 aliphatic carbocycles. The first-order valence-electron chi connectivity index (χ1n) is 6.10. The number of nitrogens with two attached hydrogens (primary N) is 1. The van der Waals surface area contributed by atoms with E-state index in [0.29, 0.717) is 13.1 Å². The molecule has 0 saturated carbocycles. The zero-order chi connectivity index (χ0) is 15.2. The fraction of sp³-hybridized carbons (Fsp3) is 0.133. The van der Waals surface area contributed by atoms with Crippen LogP contribution in [0, 0.1) is 17.7 Å². The Bertz CT molecular complexity index is 698. The van der Waals surface area contributed by atoms with Gasteiger partial charge in [0.25, 0.3) is 5.91 Å². The molecule has 0 bridgehead atoms. The third-order valence-corrected chi connectivity index (χ3v) is 3.85. The van der Waals surface area contributed by atoms with Crippen LogP contribution in [0.3, 0.4) is 0 Å². The fourth-order valence-electron chi connectivity index (χ4n) is 1.66. The van der Waals surface area contributed by atoms with Crippen molar-refractivity contribution in [3.63, 3.8) is 0 Å². The van der Waals surface area contributed by atoms with Crippen molar-refractivity contribution < 1.29 is 9.18 Å². The van der Waals surface area contributed by atoms with E-state index in [1.807, 2.05) is 11.4 Å². The quantitative estimate of drug-likeness (QED) is 0.854. The van der Waals surface area contributed by atoms with Crippen LogP contribution in [0.25, 0.3) is 0 Å². The molecule has 0 aliphatic heterocycles. The molecule has 1 aromatic heterocycles. The van der Waals surface area contributed by atoms with E-state index >= 15 is 0 Å². The van der Waals surface area contributed by atoms with Gasteiger partial charge in [-0.25, -0.2) is 4.39 Å². The van der Waals surface area contributed by atoms with E-state index in [0.717, 1.165) is 10.4 Å². The van der Waals surface area contributed by atoms with Crippen molar-refractivity contribution in [2.75, 3.05) is 6.54 Å². The number of hydrogen-bond donors (Lipinski definition) is 2. The molecule has 0 unspecified atom stereocenters. The van der Waals surface area contributed by atoms with Gasteiger partial charge in [0.1, 0.15) is 5.82 Å². The minimum atomic E-state index is -0.638. The summed E-state index contributed by atoms with van der Waals surface area (Å²) in [5, 5.41) is 4.61. The van der Waals surface area contributed by atoms with Crippen molar-refractivity contribution in [1.82, 2.24) is 5.32 Å². The fourth-order valence-corrected chi connectivity index (χ4v) is 2.67. The SMILES string of the molecule is NCC#Cc1csc(CNC(=O)c2c(F)cccc2Cl)c1. The van der Waals surface area contributed by atoms with Gasteiger partial charge in [0, 0.05) is 15.8 Å². The largest absolute Gasteiger partial charge is 0.347 e. The second-order valence-electron chi connectivity index (χ2n) is 4.09. The smallest absolute Gasteiger partial charge is 0.256 e. The van der Waals surface area contributed by atoms with Crippen LogP contribution in [-0.2, 0) is 6.54 Å². The van der Waals surface area contributed by atoms with Crippen molar-refractivity contribution in [2.24, 2.45) is 5.73 Å². The summed E-state index contributed by atoms with van der Waals surface area (Å²) in [7, 11) is 0. The lowest BCUT2D eigenvalue weighted by molar-refractivity contribution is 0.0947. The highest BCUT2D eigenvalue weighted by molar-refractivity contribution is 7.10. The van der Waals surface area contributed by atoms with E-state index < -0.39 is 11.7 Å². The highest BCUT2D eigenvalue weighted by Crippen LogP contribution is 2.19. The van der Waals surface area contributed by atoms with E-state index in [1.165, 1.54) is 29.5 Å². The van der Waals surface area contributed by atoms with Crippen molar-refractivity contribution >= 4 is 28.8 Å². The summed E-state index contributed by atoms with van der Waals surface area (Å²) in [4.78, 5) is 12.9. The van der Waals surface area contributed by atoms with Gasteiger partial charge in [0.2, 0.25) is 0 Å². The monoisotopic (exact) mass is 322 g/mol. The molecular formula is C15H12ClFN2OS. The summed E-state index contributed by atoms with van der Waals surface area (Å²) in [6, 6.07) is 5.99. The van der Waals surface area contributed by atoms with Crippen LogP contribution in [0.1, 0.15) is 20.8 Å².